The third-order valence-corrected chi connectivity index (χ3v) is 5.31. The first-order valence-electron chi connectivity index (χ1n) is 8.45. The van der Waals surface area contributed by atoms with E-state index in [4.69, 9.17) is 0 Å². The van der Waals surface area contributed by atoms with E-state index < -0.39 is 6.04 Å². The van der Waals surface area contributed by atoms with Gasteiger partial charge in [0, 0.05) is 31.7 Å². The van der Waals surface area contributed by atoms with Gasteiger partial charge in [-0.1, -0.05) is 0 Å². The second kappa shape index (κ2) is 5.58. The largest absolute Gasteiger partial charge is 0.341 e. The van der Waals surface area contributed by atoms with Crippen molar-refractivity contribution in [2.45, 2.75) is 38.6 Å². The molecular formula is C17H21N5O2. The van der Waals surface area contributed by atoms with E-state index in [1.165, 1.54) is 12.8 Å². The zero-order chi connectivity index (χ0) is 16.7. The molecule has 1 aliphatic carbocycles. The van der Waals surface area contributed by atoms with Gasteiger partial charge in [0.1, 0.15) is 11.7 Å². The maximum absolute atomic E-state index is 12.5. The Morgan fingerprint density at radius 2 is 2.00 bits per heavy atom. The van der Waals surface area contributed by atoms with Crippen LogP contribution in [-0.4, -0.2) is 50.2 Å². The summed E-state index contributed by atoms with van der Waals surface area (Å²) in [7, 11) is 0. The summed E-state index contributed by atoms with van der Waals surface area (Å²) in [6.45, 7) is 3.34. The lowest BCUT2D eigenvalue weighted by molar-refractivity contribution is -0.134. The predicted octanol–water partition coefficient (Wildman–Crippen LogP) is 1.25. The molecule has 7 heteroatoms. The summed E-state index contributed by atoms with van der Waals surface area (Å²) in [6, 6.07) is -0.548. The highest BCUT2D eigenvalue weighted by atomic mass is 16.2. The number of nitrogens with zero attached hydrogens (tertiary/aromatic N) is 4. The third kappa shape index (κ3) is 2.74. The number of carbonyl (C=O) groups excluding carboxylic acids is 2. The van der Waals surface area contributed by atoms with Crippen LogP contribution < -0.4 is 5.32 Å². The molecule has 1 saturated heterocycles. The molecule has 1 aliphatic heterocycles. The monoisotopic (exact) mass is 327 g/mol. The molecule has 2 aromatic rings. The minimum Gasteiger partial charge on any atom is -0.341 e. The zero-order valence-corrected chi connectivity index (χ0v) is 13.7. The number of nitrogens with one attached hydrogen (secondary N) is 1. The highest BCUT2D eigenvalue weighted by Crippen LogP contribution is 2.53. The van der Waals surface area contributed by atoms with Gasteiger partial charge in [-0.25, -0.2) is 4.98 Å². The Hall–Kier alpha value is -2.44. The summed E-state index contributed by atoms with van der Waals surface area (Å²) in [6.07, 6.45) is 11.4. The lowest BCUT2D eigenvalue weighted by Gasteiger charge is -2.33. The van der Waals surface area contributed by atoms with Crippen molar-refractivity contribution in [3.05, 3.63) is 30.5 Å². The number of aromatic nitrogens is 3. The van der Waals surface area contributed by atoms with Crippen molar-refractivity contribution in [2.75, 3.05) is 13.1 Å². The highest BCUT2D eigenvalue weighted by Gasteiger charge is 2.45. The summed E-state index contributed by atoms with van der Waals surface area (Å²) in [4.78, 5) is 35.0. The molecule has 0 bridgehead atoms. The molecule has 0 aromatic carbocycles. The van der Waals surface area contributed by atoms with Crippen LogP contribution in [0.5, 0.6) is 0 Å². The second-order valence-corrected chi connectivity index (χ2v) is 6.99. The molecule has 0 radical (unpaired) electrons. The van der Waals surface area contributed by atoms with Crippen LogP contribution in [0, 0.1) is 5.41 Å². The lowest BCUT2D eigenvalue weighted by Crippen LogP contribution is -2.49. The minimum atomic E-state index is -0.548. The van der Waals surface area contributed by atoms with Gasteiger partial charge in [0.05, 0.1) is 6.20 Å². The highest BCUT2D eigenvalue weighted by molar-refractivity contribution is 5.96. The van der Waals surface area contributed by atoms with Gasteiger partial charge in [0.15, 0.2) is 5.65 Å². The van der Waals surface area contributed by atoms with E-state index in [9.17, 15) is 9.59 Å². The Morgan fingerprint density at radius 3 is 2.67 bits per heavy atom. The molecule has 1 atom stereocenters. The van der Waals surface area contributed by atoms with Gasteiger partial charge >= 0.3 is 0 Å². The van der Waals surface area contributed by atoms with Crippen molar-refractivity contribution < 1.29 is 9.59 Å². The second-order valence-electron chi connectivity index (χ2n) is 6.99. The third-order valence-electron chi connectivity index (χ3n) is 5.31. The number of amides is 2. The van der Waals surface area contributed by atoms with Gasteiger partial charge in [-0.2, -0.15) is 0 Å². The van der Waals surface area contributed by atoms with Crippen molar-refractivity contribution in [3.63, 3.8) is 0 Å². The van der Waals surface area contributed by atoms with Crippen molar-refractivity contribution in [1.82, 2.24) is 24.6 Å². The summed E-state index contributed by atoms with van der Waals surface area (Å²) in [5.41, 5.74) is 1.43. The number of hydrogen-bond donors (Lipinski definition) is 1. The van der Waals surface area contributed by atoms with E-state index in [0.29, 0.717) is 16.8 Å². The number of piperidine rings is 1. The first kappa shape index (κ1) is 15.1. The van der Waals surface area contributed by atoms with E-state index in [-0.39, 0.29) is 11.8 Å². The van der Waals surface area contributed by atoms with Gasteiger partial charge in [-0.3, -0.25) is 14.6 Å². The van der Waals surface area contributed by atoms with Crippen LogP contribution in [0.25, 0.3) is 5.65 Å². The Kier molecular flexibility index (Phi) is 3.51. The Labute approximate surface area is 140 Å². The summed E-state index contributed by atoms with van der Waals surface area (Å²) >= 11 is 0. The topological polar surface area (TPSA) is 79.6 Å². The molecule has 126 valence electrons. The van der Waals surface area contributed by atoms with Crippen LogP contribution in [0.4, 0.5) is 0 Å². The van der Waals surface area contributed by atoms with Gasteiger partial charge in [-0.05, 0) is 38.0 Å². The predicted molar refractivity (Wildman–Crippen MR) is 87.4 cm³/mol. The summed E-state index contributed by atoms with van der Waals surface area (Å²) in [5, 5.41) is 2.76. The van der Waals surface area contributed by atoms with Crippen LogP contribution in [-0.2, 0) is 4.79 Å². The average Bonchev–Trinajstić information content (AvgIpc) is 3.20. The van der Waals surface area contributed by atoms with E-state index in [2.05, 4.69) is 15.3 Å². The molecule has 1 N–H and O–H groups in total. The Balaban J connectivity index is 1.38. The van der Waals surface area contributed by atoms with E-state index in [1.807, 2.05) is 4.90 Å². The van der Waals surface area contributed by atoms with E-state index in [1.54, 1.807) is 36.1 Å². The van der Waals surface area contributed by atoms with Gasteiger partial charge in [0.25, 0.3) is 5.91 Å². The van der Waals surface area contributed by atoms with Gasteiger partial charge < -0.3 is 14.6 Å². The fourth-order valence-corrected chi connectivity index (χ4v) is 3.44. The molecule has 0 unspecified atom stereocenters. The molecule has 4 rings (SSSR count). The molecule has 24 heavy (non-hydrogen) atoms. The number of rotatable bonds is 3. The first-order chi connectivity index (χ1) is 11.6. The Morgan fingerprint density at radius 1 is 1.25 bits per heavy atom. The summed E-state index contributed by atoms with van der Waals surface area (Å²) in [5.74, 6) is -0.348. The Bertz CT molecular complexity index is 752. The van der Waals surface area contributed by atoms with Crippen LogP contribution in [0.2, 0.25) is 0 Å². The molecule has 2 aromatic heterocycles. The quantitative estimate of drug-likeness (QED) is 0.920. The van der Waals surface area contributed by atoms with Crippen LogP contribution >= 0.6 is 0 Å². The smallest absolute Gasteiger partial charge is 0.272 e. The SMILES string of the molecule is C[C@@H](NC(=O)c1cn2ccncc2n1)C(=O)N1CCC2(CC1)CC2. The molecule has 1 spiro atoms. The van der Waals surface area contributed by atoms with Gasteiger partial charge in [0.2, 0.25) is 5.91 Å². The molecular weight excluding hydrogens is 306 g/mol. The van der Waals surface area contributed by atoms with Crippen LogP contribution in [0.1, 0.15) is 43.1 Å². The summed E-state index contributed by atoms with van der Waals surface area (Å²) < 4.78 is 1.73. The number of carbonyl (C=O) groups is 2. The van der Waals surface area contributed by atoms with Crippen LogP contribution in [0.3, 0.4) is 0 Å². The molecule has 2 aliphatic rings. The maximum Gasteiger partial charge on any atom is 0.272 e. The van der Waals surface area contributed by atoms with Gasteiger partial charge in [-0.15, -0.1) is 0 Å². The van der Waals surface area contributed by atoms with Crippen molar-refractivity contribution in [2.24, 2.45) is 5.41 Å². The fraction of sp³-hybridized carbons (Fsp3) is 0.529. The number of imidazole rings is 1. The van der Waals surface area contributed by atoms with E-state index >= 15 is 0 Å². The average molecular weight is 327 g/mol. The maximum atomic E-state index is 12.5. The lowest BCUT2D eigenvalue weighted by atomic mass is 9.93. The van der Waals surface area contributed by atoms with E-state index in [0.717, 1.165) is 25.9 Å². The van der Waals surface area contributed by atoms with Crippen molar-refractivity contribution in [1.29, 1.82) is 0 Å². The fourth-order valence-electron chi connectivity index (χ4n) is 3.44. The number of hydrogen-bond acceptors (Lipinski definition) is 4. The molecule has 2 amide bonds. The first-order valence-corrected chi connectivity index (χ1v) is 8.45. The van der Waals surface area contributed by atoms with Crippen LogP contribution in [0.15, 0.2) is 24.8 Å². The zero-order valence-electron chi connectivity index (χ0n) is 13.7. The number of fused-ring (bicyclic) bond motifs is 1. The number of likely N-dealkylation sites (tertiary alicyclic amines) is 1. The standard InChI is InChI=1S/C17H21N5O2/c1-12(16(24)21-7-4-17(2-3-17)5-8-21)19-15(23)13-11-22-9-6-18-10-14(22)20-13/h6,9-12H,2-5,7-8H2,1H3,(H,19,23)/t12-/m1/s1. The molecule has 2 fully saturated rings. The molecule has 7 nitrogen and oxygen atoms in total. The van der Waals surface area contributed by atoms with Crippen molar-refractivity contribution >= 4 is 17.5 Å². The minimum absolute atomic E-state index is 0.00993. The molecule has 3 heterocycles. The normalized spacial score (nSPS) is 20.1. The molecule has 1 saturated carbocycles. The van der Waals surface area contributed by atoms with Crippen molar-refractivity contribution in [3.8, 4) is 0 Å².